The molecule has 1 atom stereocenters. The van der Waals surface area contributed by atoms with Crippen LogP contribution in [0.4, 0.5) is 0 Å². The number of hydrogen-bond donors (Lipinski definition) is 0. The number of hydrogen-bond acceptors (Lipinski definition) is 6. The number of allylic oxidation sites excluding steroid dienone is 12. The van der Waals surface area contributed by atoms with Crippen molar-refractivity contribution in [2.24, 2.45) is 0 Å². The van der Waals surface area contributed by atoms with Crippen molar-refractivity contribution in [1.82, 2.24) is 0 Å². The zero-order valence-electron chi connectivity index (χ0n) is 48.4. The summed E-state index contributed by atoms with van der Waals surface area (Å²) in [6, 6.07) is 0. The van der Waals surface area contributed by atoms with E-state index < -0.39 is 6.10 Å². The molecule has 73 heavy (non-hydrogen) atoms. The van der Waals surface area contributed by atoms with Crippen molar-refractivity contribution in [3.05, 3.63) is 72.9 Å². The van der Waals surface area contributed by atoms with Gasteiger partial charge in [-0.1, -0.05) is 273 Å². The SMILES string of the molecule is CC/C=C\C/C=C\C/C=C\C/C=C\CCC(=O)OCC(COC(=O)CCCCCCCCCCCCCCCCC/C=C\CCCCCCCCCC)OC(=O)CCCCCCC/C=C\CCCCCCCC. The highest BCUT2D eigenvalue weighted by molar-refractivity contribution is 5.71. The Kier molecular flexibility index (Phi) is 58.7. The van der Waals surface area contributed by atoms with Crippen LogP contribution in [0.5, 0.6) is 0 Å². The van der Waals surface area contributed by atoms with E-state index in [1.54, 1.807) is 0 Å². The van der Waals surface area contributed by atoms with Gasteiger partial charge in [0.05, 0.1) is 0 Å². The lowest BCUT2D eigenvalue weighted by Crippen LogP contribution is -2.30. The van der Waals surface area contributed by atoms with Gasteiger partial charge in [-0.2, -0.15) is 0 Å². The van der Waals surface area contributed by atoms with Gasteiger partial charge in [0.15, 0.2) is 6.10 Å². The summed E-state index contributed by atoms with van der Waals surface area (Å²) in [5, 5.41) is 0. The minimum atomic E-state index is -0.808. The van der Waals surface area contributed by atoms with Crippen LogP contribution in [-0.4, -0.2) is 37.2 Å². The quantitative estimate of drug-likeness (QED) is 0.0261. The van der Waals surface area contributed by atoms with Crippen molar-refractivity contribution in [2.75, 3.05) is 13.2 Å². The third kappa shape index (κ3) is 59.6. The van der Waals surface area contributed by atoms with Crippen molar-refractivity contribution in [1.29, 1.82) is 0 Å². The molecule has 0 aromatic rings. The molecule has 422 valence electrons. The molecule has 0 aromatic carbocycles. The third-order valence-corrected chi connectivity index (χ3v) is 13.7. The van der Waals surface area contributed by atoms with E-state index in [-0.39, 0.29) is 37.5 Å². The number of unbranched alkanes of at least 4 members (excludes halogenated alkanes) is 34. The van der Waals surface area contributed by atoms with Gasteiger partial charge in [-0.05, 0) is 96.3 Å². The summed E-state index contributed by atoms with van der Waals surface area (Å²) >= 11 is 0. The van der Waals surface area contributed by atoms with Crippen LogP contribution in [0.1, 0.15) is 316 Å². The lowest BCUT2D eigenvalue weighted by Gasteiger charge is -2.18. The van der Waals surface area contributed by atoms with Crippen LogP contribution in [0.2, 0.25) is 0 Å². The van der Waals surface area contributed by atoms with Gasteiger partial charge in [0, 0.05) is 19.3 Å². The zero-order valence-corrected chi connectivity index (χ0v) is 48.4. The summed E-state index contributed by atoms with van der Waals surface area (Å²) in [6.45, 7) is 6.48. The first-order valence-corrected chi connectivity index (χ1v) is 31.4. The molecule has 0 saturated heterocycles. The van der Waals surface area contributed by atoms with Gasteiger partial charge in [0.25, 0.3) is 0 Å². The molecule has 6 heteroatoms. The molecular weight excluding hydrogens is 901 g/mol. The summed E-state index contributed by atoms with van der Waals surface area (Å²) in [6.07, 6.45) is 79.4. The molecule has 0 aliphatic carbocycles. The van der Waals surface area contributed by atoms with E-state index in [1.165, 1.54) is 193 Å². The zero-order chi connectivity index (χ0) is 52.9. The molecule has 0 amide bonds. The Morgan fingerprint density at radius 1 is 0.288 bits per heavy atom. The summed E-state index contributed by atoms with van der Waals surface area (Å²) in [7, 11) is 0. The monoisotopic (exact) mass is 1020 g/mol. The molecule has 0 radical (unpaired) electrons. The molecule has 1 unspecified atom stereocenters. The van der Waals surface area contributed by atoms with Crippen LogP contribution in [0.15, 0.2) is 72.9 Å². The standard InChI is InChI=1S/C67H118O6/c1-4-7-10-13-16-19-22-25-27-28-29-30-31-32-33-34-35-36-37-38-40-42-45-48-51-54-57-60-66(69)72-63-64(62-71-65(68)59-56-53-50-47-44-41-24-21-18-15-12-9-6-3)73-67(70)61-58-55-52-49-46-43-39-26-23-20-17-14-11-8-5-2/h9,12,18,21,26,28-29,39,41,44,50,53,64H,4-8,10-11,13-17,19-20,22-25,27,30-38,40,42-43,45-49,51-52,54-63H2,1-3H3/b12-9-,21-18-,29-28-,39-26-,44-41-,53-50-. The first-order valence-electron chi connectivity index (χ1n) is 31.4. The Morgan fingerprint density at radius 3 is 0.918 bits per heavy atom. The van der Waals surface area contributed by atoms with Crippen molar-refractivity contribution in [2.45, 2.75) is 322 Å². The molecule has 0 heterocycles. The number of rotatable bonds is 57. The van der Waals surface area contributed by atoms with E-state index in [0.717, 1.165) is 77.0 Å². The summed E-state index contributed by atoms with van der Waals surface area (Å²) in [4.78, 5) is 38.2. The van der Waals surface area contributed by atoms with Crippen molar-refractivity contribution >= 4 is 17.9 Å². The van der Waals surface area contributed by atoms with Crippen LogP contribution in [-0.2, 0) is 28.6 Å². The first-order chi connectivity index (χ1) is 36.0. The summed E-state index contributed by atoms with van der Waals surface area (Å²) < 4.78 is 16.8. The van der Waals surface area contributed by atoms with Gasteiger partial charge in [-0.3, -0.25) is 14.4 Å². The second kappa shape index (κ2) is 61.4. The minimum absolute atomic E-state index is 0.0988. The number of esters is 3. The van der Waals surface area contributed by atoms with E-state index in [4.69, 9.17) is 14.2 Å². The van der Waals surface area contributed by atoms with Gasteiger partial charge in [-0.25, -0.2) is 0 Å². The summed E-state index contributed by atoms with van der Waals surface area (Å²) in [5.74, 6) is -0.981. The topological polar surface area (TPSA) is 78.9 Å². The Hall–Kier alpha value is -3.15. The molecule has 0 aromatic heterocycles. The van der Waals surface area contributed by atoms with E-state index in [9.17, 15) is 14.4 Å². The van der Waals surface area contributed by atoms with E-state index in [2.05, 4.69) is 87.6 Å². The van der Waals surface area contributed by atoms with Gasteiger partial charge in [0.1, 0.15) is 13.2 Å². The van der Waals surface area contributed by atoms with Crippen molar-refractivity contribution < 1.29 is 28.6 Å². The maximum atomic E-state index is 12.9. The predicted molar refractivity (Wildman–Crippen MR) is 316 cm³/mol. The van der Waals surface area contributed by atoms with Crippen LogP contribution in [0.3, 0.4) is 0 Å². The molecule has 6 nitrogen and oxygen atoms in total. The second-order valence-electron chi connectivity index (χ2n) is 20.9. The minimum Gasteiger partial charge on any atom is -0.462 e. The first kappa shape index (κ1) is 69.8. The molecular formula is C67H118O6. The highest BCUT2D eigenvalue weighted by Crippen LogP contribution is 2.16. The average Bonchev–Trinajstić information content (AvgIpc) is 3.39. The maximum Gasteiger partial charge on any atom is 0.306 e. The normalized spacial score (nSPS) is 12.5. The molecule has 0 rings (SSSR count). The Morgan fingerprint density at radius 2 is 0.562 bits per heavy atom. The van der Waals surface area contributed by atoms with Crippen LogP contribution >= 0.6 is 0 Å². The molecule has 0 aliphatic heterocycles. The largest absolute Gasteiger partial charge is 0.462 e. The van der Waals surface area contributed by atoms with Crippen molar-refractivity contribution in [3.8, 4) is 0 Å². The molecule has 0 saturated carbocycles. The fraction of sp³-hybridized carbons (Fsp3) is 0.776. The second-order valence-corrected chi connectivity index (χ2v) is 20.9. The van der Waals surface area contributed by atoms with Crippen LogP contribution in [0.25, 0.3) is 0 Å². The third-order valence-electron chi connectivity index (χ3n) is 13.7. The molecule has 0 bridgehead atoms. The van der Waals surface area contributed by atoms with E-state index in [1.807, 2.05) is 6.08 Å². The number of ether oxygens (including phenoxy) is 3. The fourth-order valence-electron chi connectivity index (χ4n) is 8.98. The van der Waals surface area contributed by atoms with Gasteiger partial charge in [-0.15, -0.1) is 0 Å². The molecule has 0 N–H and O–H groups in total. The predicted octanol–water partition coefficient (Wildman–Crippen LogP) is 21.3. The fourth-order valence-corrected chi connectivity index (χ4v) is 8.98. The highest BCUT2D eigenvalue weighted by Gasteiger charge is 2.19. The Balaban J connectivity index is 4.26. The Bertz CT molecular complexity index is 1360. The molecule has 0 aliphatic rings. The average molecular weight is 1020 g/mol. The lowest BCUT2D eigenvalue weighted by molar-refractivity contribution is -0.166. The number of carbonyl (C=O) groups excluding carboxylic acids is 3. The van der Waals surface area contributed by atoms with Crippen LogP contribution in [0, 0.1) is 0 Å². The maximum absolute atomic E-state index is 12.9. The smallest absolute Gasteiger partial charge is 0.306 e. The summed E-state index contributed by atoms with van der Waals surface area (Å²) in [5.41, 5.74) is 0. The van der Waals surface area contributed by atoms with E-state index in [0.29, 0.717) is 19.3 Å². The van der Waals surface area contributed by atoms with Crippen LogP contribution < -0.4 is 0 Å². The van der Waals surface area contributed by atoms with Gasteiger partial charge >= 0.3 is 17.9 Å². The number of carbonyl (C=O) groups is 3. The molecule has 0 fully saturated rings. The van der Waals surface area contributed by atoms with E-state index >= 15 is 0 Å². The van der Waals surface area contributed by atoms with Gasteiger partial charge in [0.2, 0.25) is 0 Å². The molecule has 0 spiro atoms. The Labute approximate surface area is 453 Å². The van der Waals surface area contributed by atoms with Gasteiger partial charge < -0.3 is 14.2 Å². The lowest BCUT2D eigenvalue weighted by atomic mass is 10.0. The van der Waals surface area contributed by atoms with Crippen molar-refractivity contribution in [3.63, 3.8) is 0 Å². The highest BCUT2D eigenvalue weighted by atomic mass is 16.6.